The summed E-state index contributed by atoms with van der Waals surface area (Å²) in [6.45, 7) is 2.00. The average Bonchev–Trinajstić information content (AvgIpc) is 2.31. The van der Waals surface area contributed by atoms with Crippen molar-refractivity contribution in [2.45, 2.75) is 13.3 Å². The first kappa shape index (κ1) is 12.3. The van der Waals surface area contributed by atoms with Gasteiger partial charge in [0.2, 0.25) is 0 Å². The molecular formula is C12H11BrClN3. The van der Waals surface area contributed by atoms with E-state index in [1.807, 2.05) is 31.2 Å². The maximum Gasteiger partial charge on any atom is 0.135 e. The minimum Gasteiger partial charge on any atom is -0.340 e. The fraction of sp³-hybridized carbons (Fsp3) is 0.167. The lowest BCUT2D eigenvalue weighted by molar-refractivity contribution is 0.943. The number of aryl methyl sites for hydroxylation is 1. The molecule has 1 heterocycles. The molecule has 1 N–H and O–H groups in total. The van der Waals surface area contributed by atoms with Crippen molar-refractivity contribution in [2.75, 3.05) is 5.32 Å². The summed E-state index contributed by atoms with van der Waals surface area (Å²) in [6.07, 6.45) is 0.760. The molecule has 5 heteroatoms. The van der Waals surface area contributed by atoms with Crippen LogP contribution < -0.4 is 5.32 Å². The lowest BCUT2D eigenvalue weighted by Crippen LogP contribution is -1.99. The number of nitrogens with one attached hydrogen (secondary N) is 1. The highest BCUT2D eigenvalue weighted by Crippen LogP contribution is 2.19. The maximum absolute atomic E-state index is 5.92. The van der Waals surface area contributed by atoms with Crippen molar-refractivity contribution in [3.63, 3.8) is 0 Å². The molecule has 0 saturated heterocycles. The zero-order chi connectivity index (χ0) is 12.3. The van der Waals surface area contributed by atoms with E-state index in [-0.39, 0.29) is 0 Å². The van der Waals surface area contributed by atoms with Crippen LogP contribution >= 0.6 is 27.5 Å². The van der Waals surface area contributed by atoms with Crippen LogP contribution in [-0.4, -0.2) is 9.97 Å². The van der Waals surface area contributed by atoms with Crippen molar-refractivity contribution in [3.05, 3.63) is 45.8 Å². The molecule has 0 aliphatic rings. The second-order valence-electron chi connectivity index (χ2n) is 3.48. The summed E-state index contributed by atoms with van der Waals surface area (Å²) in [5, 5.41) is 3.65. The van der Waals surface area contributed by atoms with Gasteiger partial charge in [-0.05, 0) is 24.3 Å². The van der Waals surface area contributed by atoms with Crippen LogP contribution in [0, 0.1) is 0 Å². The summed E-state index contributed by atoms with van der Waals surface area (Å²) in [4.78, 5) is 8.47. The molecule has 1 aromatic heterocycles. The van der Waals surface area contributed by atoms with Crippen LogP contribution in [0.2, 0.25) is 5.15 Å². The molecule has 88 valence electrons. The van der Waals surface area contributed by atoms with Gasteiger partial charge in [0.15, 0.2) is 0 Å². The molecule has 3 nitrogen and oxygen atoms in total. The largest absolute Gasteiger partial charge is 0.340 e. The smallest absolute Gasteiger partial charge is 0.135 e. The van der Waals surface area contributed by atoms with Crippen LogP contribution in [-0.2, 0) is 6.42 Å². The third kappa shape index (κ3) is 3.41. The van der Waals surface area contributed by atoms with E-state index < -0.39 is 0 Å². The molecule has 0 fully saturated rings. The molecule has 0 atom stereocenters. The molecule has 2 rings (SSSR count). The van der Waals surface area contributed by atoms with Gasteiger partial charge in [0.25, 0.3) is 0 Å². The minimum atomic E-state index is 0.455. The lowest BCUT2D eigenvalue weighted by Gasteiger charge is -2.07. The van der Waals surface area contributed by atoms with Crippen molar-refractivity contribution in [3.8, 4) is 0 Å². The predicted molar refractivity (Wildman–Crippen MR) is 73.8 cm³/mol. The summed E-state index contributed by atoms with van der Waals surface area (Å²) in [5.74, 6) is 1.45. The van der Waals surface area contributed by atoms with Gasteiger partial charge in [-0.15, -0.1) is 0 Å². The lowest BCUT2D eigenvalue weighted by atomic mass is 10.3. The Balaban J connectivity index is 2.23. The number of hydrogen-bond acceptors (Lipinski definition) is 3. The van der Waals surface area contributed by atoms with E-state index in [0.717, 1.165) is 22.4 Å². The van der Waals surface area contributed by atoms with Crippen LogP contribution in [0.4, 0.5) is 11.5 Å². The summed E-state index contributed by atoms with van der Waals surface area (Å²) < 4.78 is 1.04. The highest BCUT2D eigenvalue weighted by atomic mass is 79.9. The predicted octanol–water partition coefficient (Wildman–Crippen LogP) is 4.20. The van der Waals surface area contributed by atoms with Crippen molar-refractivity contribution in [2.24, 2.45) is 0 Å². The van der Waals surface area contributed by atoms with Crippen molar-refractivity contribution in [1.82, 2.24) is 9.97 Å². The highest BCUT2D eigenvalue weighted by molar-refractivity contribution is 9.10. The quantitative estimate of drug-likeness (QED) is 0.863. The van der Waals surface area contributed by atoms with Crippen LogP contribution in [0.1, 0.15) is 12.7 Å². The first-order valence-electron chi connectivity index (χ1n) is 5.23. The van der Waals surface area contributed by atoms with Gasteiger partial charge >= 0.3 is 0 Å². The van der Waals surface area contributed by atoms with Gasteiger partial charge in [-0.3, -0.25) is 0 Å². The standard InChI is InChI=1S/C12H11BrClN3/c1-2-11-16-10(14)7-12(17-11)15-9-5-3-8(13)4-6-9/h3-7H,2H2,1H3,(H,15,16,17). The van der Waals surface area contributed by atoms with Crippen LogP contribution in [0.5, 0.6) is 0 Å². The van der Waals surface area contributed by atoms with Gasteiger partial charge in [-0.1, -0.05) is 34.5 Å². The van der Waals surface area contributed by atoms with Crippen molar-refractivity contribution in [1.29, 1.82) is 0 Å². The molecule has 2 aromatic rings. The molecule has 0 amide bonds. The Morgan fingerprint density at radius 2 is 1.94 bits per heavy atom. The third-order valence-electron chi connectivity index (χ3n) is 2.17. The molecule has 0 aliphatic carbocycles. The number of hydrogen-bond donors (Lipinski definition) is 1. The Labute approximate surface area is 113 Å². The number of rotatable bonds is 3. The molecule has 0 radical (unpaired) electrons. The third-order valence-corrected chi connectivity index (χ3v) is 2.90. The second-order valence-corrected chi connectivity index (χ2v) is 4.78. The number of nitrogens with zero attached hydrogens (tertiary/aromatic N) is 2. The monoisotopic (exact) mass is 311 g/mol. The van der Waals surface area contributed by atoms with E-state index in [0.29, 0.717) is 11.0 Å². The topological polar surface area (TPSA) is 37.8 Å². The molecule has 17 heavy (non-hydrogen) atoms. The number of benzene rings is 1. The van der Waals surface area contributed by atoms with Gasteiger partial charge in [0.05, 0.1) is 0 Å². The maximum atomic E-state index is 5.92. The summed E-state index contributed by atoms with van der Waals surface area (Å²) >= 11 is 9.31. The Bertz CT molecular complexity index is 514. The molecule has 0 spiro atoms. The van der Waals surface area contributed by atoms with E-state index in [1.165, 1.54) is 0 Å². The Morgan fingerprint density at radius 1 is 1.24 bits per heavy atom. The van der Waals surface area contributed by atoms with E-state index >= 15 is 0 Å². The van der Waals surface area contributed by atoms with E-state index in [9.17, 15) is 0 Å². The highest BCUT2D eigenvalue weighted by Gasteiger charge is 2.02. The van der Waals surface area contributed by atoms with Gasteiger partial charge in [0.1, 0.15) is 16.8 Å². The SMILES string of the molecule is CCc1nc(Cl)cc(Nc2ccc(Br)cc2)n1. The van der Waals surface area contributed by atoms with Crippen molar-refractivity contribution >= 4 is 39.0 Å². The fourth-order valence-electron chi connectivity index (χ4n) is 1.37. The van der Waals surface area contributed by atoms with Crippen LogP contribution in [0.3, 0.4) is 0 Å². The van der Waals surface area contributed by atoms with Crippen LogP contribution in [0.25, 0.3) is 0 Å². The number of aromatic nitrogens is 2. The van der Waals surface area contributed by atoms with E-state index in [1.54, 1.807) is 6.07 Å². The van der Waals surface area contributed by atoms with E-state index in [2.05, 4.69) is 31.2 Å². The first-order chi connectivity index (χ1) is 8.17. The zero-order valence-corrected chi connectivity index (χ0v) is 11.6. The first-order valence-corrected chi connectivity index (χ1v) is 6.40. The summed E-state index contributed by atoms with van der Waals surface area (Å²) in [6, 6.07) is 9.57. The van der Waals surface area contributed by atoms with Gasteiger partial charge < -0.3 is 5.32 Å². The normalized spacial score (nSPS) is 10.3. The van der Waals surface area contributed by atoms with E-state index in [4.69, 9.17) is 11.6 Å². The zero-order valence-electron chi connectivity index (χ0n) is 9.24. The van der Waals surface area contributed by atoms with Crippen LogP contribution in [0.15, 0.2) is 34.8 Å². The second kappa shape index (κ2) is 5.47. The number of anilines is 2. The Hall–Kier alpha value is -1.13. The van der Waals surface area contributed by atoms with Gasteiger partial charge in [-0.25, -0.2) is 9.97 Å². The molecule has 0 unspecified atom stereocenters. The molecule has 0 aliphatic heterocycles. The van der Waals surface area contributed by atoms with Gasteiger partial charge in [-0.2, -0.15) is 0 Å². The molecule has 0 saturated carbocycles. The fourth-order valence-corrected chi connectivity index (χ4v) is 1.83. The summed E-state index contributed by atoms with van der Waals surface area (Å²) in [7, 11) is 0. The molecule has 1 aromatic carbocycles. The summed E-state index contributed by atoms with van der Waals surface area (Å²) in [5.41, 5.74) is 0.963. The molecular weight excluding hydrogens is 302 g/mol. The molecule has 0 bridgehead atoms. The van der Waals surface area contributed by atoms with Crippen molar-refractivity contribution < 1.29 is 0 Å². The average molecular weight is 313 g/mol. The Kier molecular flexibility index (Phi) is 3.97. The minimum absolute atomic E-state index is 0.455. The van der Waals surface area contributed by atoms with Gasteiger partial charge in [0, 0.05) is 22.6 Å². The number of halogens is 2. The Morgan fingerprint density at radius 3 is 2.59 bits per heavy atom.